The van der Waals surface area contributed by atoms with E-state index in [1.807, 2.05) is 0 Å². The van der Waals surface area contributed by atoms with E-state index in [4.69, 9.17) is 5.73 Å². The van der Waals surface area contributed by atoms with Gasteiger partial charge in [-0.05, 0) is 57.7 Å². The molecule has 0 heterocycles. The van der Waals surface area contributed by atoms with E-state index in [0.717, 1.165) is 0 Å². The molecule has 0 radical (unpaired) electrons. The lowest BCUT2D eigenvalue weighted by atomic mass is 9.86. The molecule has 1 aromatic carbocycles. The van der Waals surface area contributed by atoms with E-state index in [9.17, 15) is 13.2 Å². The number of sulfonamides is 1. The zero-order valence-corrected chi connectivity index (χ0v) is 15.7. The topological polar surface area (TPSA) is 101 Å². The van der Waals surface area contributed by atoms with Crippen LogP contribution in [0.4, 0.5) is 11.4 Å². The first kappa shape index (κ1) is 19.1. The molecule has 0 spiro atoms. The van der Waals surface area contributed by atoms with Crippen molar-refractivity contribution < 1.29 is 13.2 Å². The van der Waals surface area contributed by atoms with Crippen LogP contribution in [0.3, 0.4) is 0 Å². The fourth-order valence-corrected chi connectivity index (χ4v) is 3.89. The monoisotopic (exact) mass is 371 g/mol. The Balaban J connectivity index is 1.87. The zero-order chi connectivity index (χ0) is 17.9. The number of hydrogen-bond donors (Lipinski definition) is 4. The Hall–Kier alpha value is -1.25. The fourth-order valence-electron chi connectivity index (χ4n) is 2.71. The number of nitrogens with two attached hydrogens (primary N) is 1. The third-order valence-electron chi connectivity index (χ3n) is 4.35. The number of carbonyl (C=O) groups excluding carboxylic acids is 1. The molecule has 1 aromatic rings. The Kier molecular flexibility index (Phi) is 6.17. The van der Waals surface area contributed by atoms with E-state index in [1.54, 1.807) is 32.0 Å². The van der Waals surface area contributed by atoms with E-state index < -0.39 is 15.3 Å². The molecule has 0 unspecified atom stereocenters. The molecular formula is C16H25N3O3S2. The number of anilines is 2. The number of benzene rings is 1. The molecule has 134 valence electrons. The van der Waals surface area contributed by atoms with Crippen molar-refractivity contribution in [3.05, 3.63) is 18.2 Å². The highest BCUT2D eigenvalue weighted by Gasteiger charge is 2.29. The SMILES string of the molecule is CC(C)S(=O)(=O)NC1CCC(C(=O)Nc2ccc(N)c(S)c2)CC1. The molecule has 1 aliphatic rings. The van der Waals surface area contributed by atoms with Crippen LogP contribution >= 0.6 is 12.6 Å². The molecule has 1 saturated carbocycles. The standard InChI is InChI=1S/C16H25N3O3S2/c1-10(2)24(21,22)19-12-5-3-11(4-6-12)16(20)18-13-7-8-14(17)15(23)9-13/h7-12,19,23H,3-6,17H2,1-2H3,(H,18,20). The van der Waals surface area contributed by atoms with Crippen molar-refractivity contribution in [2.75, 3.05) is 11.1 Å². The van der Waals surface area contributed by atoms with Crippen molar-refractivity contribution in [2.45, 2.75) is 55.7 Å². The van der Waals surface area contributed by atoms with Crippen LogP contribution in [0.2, 0.25) is 0 Å². The van der Waals surface area contributed by atoms with Crippen molar-refractivity contribution in [3.8, 4) is 0 Å². The molecule has 0 atom stereocenters. The van der Waals surface area contributed by atoms with Crippen molar-refractivity contribution in [1.82, 2.24) is 4.72 Å². The van der Waals surface area contributed by atoms with Gasteiger partial charge in [0, 0.05) is 28.2 Å². The average Bonchev–Trinajstić information content (AvgIpc) is 2.51. The van der Waals surface area contributed by atoms with Crippen molar-refractivity contribution in [2.24, 2.45) is 5.92 Å². The lowest BCUT2D eigenvalue weighted by Crippen LogP contribution is -2.42. The predicted molar refractivity (Wildman–Crippen MR) is 99.7 cm³/mol. The summed E-state index contributed by atoms with van der Waals surface area (Å²) in [7, 11) is -3.26. The summed E-state index contributed by atoms with van der Waals surface area (Å²) in [6, 6.07) is 5.09. The van der Waals surface area contributed by atoms with E-state index in [-0.39, 0.29) is 17.9 Å². The molecule has 8 heteroatoms. The highest BCUT2D eigenvalue weighted by atomic mass is 32.2. The first-order chi connectivity index (χ1) is 11.2. The van der Waals surface area contributed by atoms with Crippen LogP contribution in [0, 0.1) is 5.92 Å². The summed E-state index contributed by atoms with van der Waals surface area (Å²) in [5.74, 6) is -0.150. The molecule has 0 bridgehead atoms. The van der Waals surface area contributed by atoms with Gasteiger partial charge < -0.3 is 11.1 Å². The van der Waals surface area contributed by atoms with Crippen molar-refractivity contribution in [3.63, 3.8) is 0 Å². The smallest absolute Gasteiger partial charge is 0.227 e. The molecule has 4 N–H and O–H groups in total. The van der Waals surface area contributed by atoms with Crippen LogP contribution in [-0.2, 0) is 14.8 Å². The minimum Gasteiger partial charge on any atom is -0.398 e. The second kappa shape index (κ2) is 7.76. The lowest BCUT2D eigenvalue weighted by molar-refractivity contribution is -0.120. The van der Waals surface area contributed by atoms with Gasteiger partial charge in [0.2, 0.25) is 15.9 Å². The Morgan fingerprint density at radius 1 is 1.25 bits per heavy atom. The number of rotatable bonds is 5. The van der Waals surface area contributed by atoms with Gasteiger partial charge in [0.15, 0.2) is 0 Å². The van der Waals surface area contributed by atoms with Crippen LogP contribution in [-0.4, -0.2) is 25.6 Å². The van der Waals surface area contributed by atoms with Gasteiger partial charge in [-0.15, -0.1) is 12.6 Å². The van der Waals surface area contributed by atoms with Crippen LogP contribution in [0.1, 0.15) is 39.5 Å². The summed E-state index contributed by atoms with van der Waals surface area (Å²) in [6.45, 7) is 3.31. The molecule has 6 nitrogen and oxygen atoms in total. The Morgan fingerprint density at radius 2 is 1.88 bits per heavy atom. The van der Waals surface area contributed by atoms with Crippen molar-refractivity contribution in [1.29, 1.82) is 0 Å². The van der Waals surface area contributed by atoms with E-state index >= 15 is 0 Å². The van der Waals surface area contributed by atoms with E-state index in [2.05, 4.69) is 22.7 Å². The first-order valence-corrected chi connectivity index (χ1v) is 10.1. The van der Waals surface area contributed by atoms with Crippen LogP contribution in [0.5, 0.6) is 0 Å². The molecule has 0 aliphatic heterocycles. The number of carbonyl (C=O) groups is 1. The summed E-state index contributed by atoms with van der Waals surface area (Å²) in [4.78, 5) is 13.0. The Bertz CT molecular complexity index is 697. The predicted octanol–water partition coefficient (Wildman–Crippen LogP) is 2.38. The zero-order valence-electron chi connectivity index (χ0n) is 14.0. The summed E-state index contributed by atoms with van der Waals surface area (Å²) in [6.07, 6.45) is 2.67. The molecular weight excluding hydrogens is 346 g/mol. The van der Waals surface area contributed by atoms with Gasteiger partial charge in [0.05, 0.1) is 5.25 Å². The van der Waals surface area contributed by atoms with E-state index in [1.165, 1.54) is 0 Å². The summed E-state index contributed by atoms with van der Waals surface area (Å²) >= 11 is 4.24. The van der Waals surface area contributed by atoms with Gasteiger partial charge in [-0.2, -0.15) is 0 Å². The minimum atomic E-state index is -3.26. The number of nitrogen functional groups attached to an aromatic ring is 1. The summed E-state index contributed by atoms with van der Waals surface area (Å²) in [5, 5.41) is 2.43. The highest BCUT2D eigenvalue weighted by Crippen LogP contribution is 2.27. The first-order valence-electron chi connectivity index (χ1n) is 8.09. The van der Waals surface area contributed by atoms with Gasteiger partial charge in [0.25, 0.3) is 0 Å². The average molecular weight is 372 g/mol. The van der Waals surface area contributed by atoms with Crippen molar-refractivity contribution >= 4 is 39.9 Å². The molecule has 1 aliphatic carbocycles. The molecule has 2 rings (SSSR count). The van der Waals surface area contributed by atoms with E-state index in [0.29, 0.717) is 42.0 Å². The summed E-state index contributed by atoms with van der Waals surface area (Å²) < 4.78 is 26.5. The number of hydrogen-bond acceptors (Lipinski definition) is 5. The minimum absolute atomic E-state index is 0.0438. The third kappa shape index (κ3) is 4.87. The van der Waals surface area contributed by atoms with Gasteiger partial charge in [-0.25, -0.2) is 13.1 Å². The molecule has 0 saturated heterocycles. The largest absolute Gasteiger partial charge is 0.398 e. The maximum absolute atomic E-state index is 12.4. The van der Waals surface area contributed by atoms with Crippen LogP contribution in [0.25, 0.3) is 0 Å². The number of amides is 1. The van der Waals surface area contributed by atoms with Gasteiger partial charge in [-0.3, -0.25) is 4.79 Å². The quantitative estimate of drug-likeness (QED) is 0.471. The van der Waals surface area contributed by atoms with Gasteiger partial charge >= 0.3 is 0 Å². The molecule has 1 fully saturated rings. The lowest BCUT2D eigenvalue weighted by Gasteiger charge is -2.28. The Morgan fingerprint density at radius 3 is 2.42 bits per heavy atom. The molecule has 24 heavy (non-hydrogen) atoms. The number of nitrogens with one attached hydrogen (secondary N) is 2. The third-order valence-corrected chi connectivity index (χ3v) is 6.64. The van der Waals surface area contributed by atoms with Gasteiger partial charge in [-0.1, -0.05) is 0 Å². The summed E-state index contributed by atoms with van der Waals surface area (Å²) in [5.41, 5.74) is 6.94. The normalized spacial score (nSPS) is 21.7. The highest BCUT2D eigenvalue weighted by molar-refractivity contribution is 7.90. The van der Waals surface area contributed by atoms with Gasteiger partial charge in [0.1, 0.15) is 0 Å². The maximum atomic E-state index is 12.4. The van der Waals surface area contributed by atoms with Crippen LogP contribution in [0.15, 0.2) is 23.1 Å². The fraction of sp³-hybridized carbons (Fsp3) is 0.562. The molecule has 1 amide bonds. The number of thiol groups is 1. The second-order valence-corrected chi connectivity index (χ2v) is 9.27. The maximum Gasteiger partial charge on any atom is 0.227 e. The second-order valence-electron chi connectivity index (χ2n) is 6.52. The molecule has 0 aromatic heterocycles. The Labute approximate surface area is 149 Å². The van der Waals surface area contributed by atoms with Crippen LogP contribution < -0.4 is 15.8 Å².